The molecule has 0 aliphatic rings. The van der Waals surface area contributed by atoms with E-state index in [4.69, 9.17) is 4.74 Å². The molecule has 2 atom stereocenters. The van der Waals surface area contributed by atoms with Crippen molar-refractivity contribution >= 4 is 5.97 Å². The van der Waals surface area contributed by atoms with E-state index < -0.39 is 17.5 Å². The van der Waals surface area contributed by atoms with Crippen LogP contribution in [-0.2, 0) is 16.0 Å². The maximum Gasteiger partial charge on any atom is 0.312 e. The van der Waals surface area contributed by atoms with Crippen LogP contribution >= 0.6 is 0 Å². The Morgan fingerprint density at radius 2 is 2.00 bits per heavy atom. The number of esters is 1. The zero-order chi connectivity index (χ0) is 15.3. The number of aliphatic hydroxyl groups is 1. The van der Waals surface area contributed by atoms with Crippen molar-refractivity contribution in [1.29, 1.82) is 0 Å². The van der Waals surface area contributed by atoms with Crippen molar-refractivity contribution in [2.24, 2.45) is 11.8 Å². The van der Waals surface area contributed by atoms with Crippen LogP contribution in [-0.4, -0.2) is 23.3 Å². The van der Waals surface area contributed by atoms with Gasteiger partial charge in [-0.1, -0.05) is 32.0 Å². The smallest absolute Gasteiger partial charge is 0.312 e. The van der Waals surface area contributed by atoms with Crippen molar-refractivity contribution in [3.05, 3.63) is 35.6 Å². The van der Waals surface area contributed by atoms with Crippen molar-refractivity contribution in [3.8, 4) is 0 Å². The second kappa shape index (κ2) is 6.84. The van der Waals surface area contributed by atoms with Gasteiger partial charge < -0.3 is 9.84 Å². The van der Waals surface area contributed by atoms with Crippen LogP contribution in [0.3, 0.4) is 0 Å². The van der Waals surface area contributed by atoms with Crippen LogP contribution in [0.4, 0.5) is 4.39 Å². The van der Waals surface area contributed by atoms with E-state index in [0.717, 1.165) is 0 Å². The first-order valence-corrected chi connectivity index (χ1v) is 6.92. The lowest BCUT2D eigenvalue weighted by Gasteiger charge is -2.34. The molecular weight excluding hydrogens is 259 g/mol. The van der Waals surface area contributed by atoms with Crippen LogP contribution in [0.25, 0.3) is 0 Å². The van der Waals surface area contributed by atoms with Gasteiger partial charge in [0.05, 0.1) is 18.1 Å². The molecule has 20 heavy (non-hydrogen) atoms. The molecule has 0 aliphatic carbocycles. The molecule has 1 N–H and O–H groups in total. The number of carbonyl (C=O) groups is 1. The van der Waals surface area contributed by atoms with Gasteiger partial charge in [0.2, 0.25) is 0 Å². The molecule has 0 aromatic heterocycles. The van der Waals surface area contributed by atoms with Gasteiger partial charge in [-0.15, -0.1) is 0 Å². The number of halogens is 1. The summed E-state index contributed by atoms with van der Waals surface area (Å²) >= 11 is 0. The predicted octanol–water partition coefficient (Wildman–Crippen LogP) is 2.95. The van der Waals surface area contributed by atoms with E-state index >= 15 is 0 Å². The van der Waals surface area contributed by atoms with Crippen molar-refractivity contribution in [2.75, 3.05) is 6.61 Å². The standard InChI is InChI=1S/C16H23FO3/c1-5-20-15(18)14(11(2)3)16(4,19)10-12-8-6-7-9-13(12)17/h6-9,11,14,19H,5,10H2,1-4H3. The second-order valence-electron chi connectivity index (χ2n) is 5.60. The molecule has 3 nitrogen and oxygen atoms in total. The third-order valence-electron chi connectivity index (χ3n) is 3.38. The van der Waals surface area contributed by atoms with Gasteiger partial charge >= 0.3 is 5.97 Å². The van der Waals surface area contributed by atoms with Crippen LogP contribution < -0.4 is 0 Å². The lowest BCUT2D eigenvalue weighted by Crippen LogP contribution is -2.45. The van der Waals surface area contributed by atoms with Gasteiger partial charge in [0.15, 0.2) is 0 Å². The van der Waals surface area contributed by atoms with E-state index in [9.17, 15) is 14.3 Å². The maximum atomic E-state index is 13.7. The molecule has 4 heteroatoms. The first kappa shape index (κ1) is 16.6. The number of hydrogen-bond acceptors (Lipinski definition) is 3. The predicted molar refractivity (Wildman–Crippen MR) is 75.7 cm³/mol. The molecule has 0 saturated heterocycles. The zero-order valence-corrected chi connectivity index (χ0v) is 12.5. The highest BCUT2D eigenvalue weighted by Crippen LogP contribution is 2.30. The van der Waals surface area contributed by atoms with E-state index in [1.807, 2.05) is 13.8 Å². The lowest BCUT2D eigenvalue weighted by molar-refractivity contribution is -0.160. The zero-order valence-electron chi connectivity index (χ0n) is 12.5. The van der Waals surface area contributed by atoms with Crippen LogP contribution in [0.1, 0.15) is 33.3 Å². The quantitative estimate of drug-likeness (QED) is 0.816. The monoisotopic (exact) mass is 282 g/mol. The lowest BCUT2D eigenvalue weighted by atomic mass is 9.77. The molecule has 1 rings (SSSR count). The largest absolute Gasteiger partial charge is 0.466 e. The Hall–Kier alpha value is -1.42. The Morgan fingerprint density at radius 3 is 2.50 bits per heavy atom. The van der Waals surface area contributed by atoms with Gasteiger partial charge in [-0.2, -0.15) is 0 Å². The summed E-state index contributed by atoms with van der Waals surface area (Å²) < 4.78 is 18.7. The van der Waals surface area contributed by atoms with E-state index in [0.29, 0.717) is 5.56 Å². The second-order valence-corrected chi connectivity index (χ2v) is 5.60. The van der Waals surface area contributed by atoms with Crippen LogP contribution in [0, 0.1) is 17.7 Å². The average Bonchev–Trinajstić information content (AvgIpc) is 2.31. The third-order valence-corrected chi connectivity index (χ3v) is 3.38. The molecule has 112 valence electrons. The van der Waals surface area contributed by atoms with Crippen molar-refractivity contribution < 1.29 is 19.0 Å². The van der Waals surface area contributed by atoms with Crippen molar-refractivity contribution in [1.82, 2.24) is 0 Å². The molecule has 1 aromatic rings. The summed E-state index contributed by atoms with van der Waals surface area (Å²) in [5.41, 5.74) is -0.963. The molecule has 0 radical (unpaired) electrons. The highest BCUT2D eigenvalue weighted by molar-refractivity contribution is 5.74. The normalized spacial score (nSPS) is 15.8. The summed E-state index contributed by atoms with van der Waals surface area (Å²) in [7, 11) is 0. The van der Waals surface area contributed by atoms with Gasteiger partial charge in [0.25, 0.3) is 0 Å². The molecule has 0 spiro atoms. The minimum Gasteiger partial charge on any atom is -0.466 e. The number of hydrogen-bond donors (Lipinski definition) is 1. The summed E-state index contributed by atoms with van der Waals surface area (Å²) in [6.45, 7) is 7.23. The minimum atomic E-state index is -1.36. The van der Waals surface area contributed by atoms with Gasteiger partial charge in [-0.25, -0.2) is 4.39 Å². The van der Waals surface area contributed by atoms with E-state index in [1.165, 1.54) is 6.07 Å². The number of carbonyl (C=O) groups excluding carboxylic acids is 1. The van der Waals surface area contributed by atoms with Crippen LogP contribution in [0.5, 0.6) is 0 Å². The fourth-order valence-corrected chi connectivity index (χ4v) is 2.61. The minimum absolute atomic E-state index is 0.0708. The van der Waals surface area contributed by atoms with Crippen molar-refractivity contribution in [3.63, 3.8) is 0 Å². The van der Waals surface area contributed by atoms with E-state index in [-0.39, 0.29) is 24.8 Å². The Morgan fingerprint density at radius 1 is 1.40 bits per heavy atom. The molecule has 0 bridgehead atoms. The van der Waals surface area contributed by atoms with Gasteiger partial charge in [-0.05, 0) is 31.4 Å². The third kappa shape index (κ3) is 4.04. The molecule has 0 amide bonds. The Balaban J connectivity index is 2.99. The first-order valence-electron chi connectivity index (χ1n) is 6.92. The van der Waals surface area contributed by atoms with Gasteiger partial charge in [0.1, 0.15) is 5.82 Å². The molecule has 0 fully saturated rings. The fourth-order valence-electron chi connectivity index (χ4n) is 2.61. The summed E-state index contributed by atoms with van der Waals surface area (Å²) in [5, 5.41) is 10.7. The Bertz CT molecular complexity index is 455. The molecule has 0 aliphatic heterocycles. The van der Waals surface area contributed by atoms with Gasteiger partial charge in [0, 0.05) is 6.42 Å². The summed E-state index contributed by atoms with van der Waals surface area (Å²) in [5.74, 6) is -1.61. The molecule has 2 unspecified atom stereocenters. The SMILES string of the molecule is CCOC(=O)C(C(C)C)C(C)(O)Cc1ccccc1F. The van der Waals surface area contributed by atoms with Crippen molar-refractivity contribution in [2.45, 2.75) is 39.7 Å². The molecule has 0 saturated carbocycles. The molecule has 0 heterocycles. The first-order chi connectivity index (χ1) is 9.29. The Kier molecular flexibility index (Phi) is 5.69. The topological polar surface area (TPSA) is 46.5 Å². The number of rotatable bonds is 6. The average molecular weight is 282 g/mol. The van der Waals surface area contributed by atoms with E-state index in [2.05, 4.69) is 0 Å². The van der Waals surface area contributed by atoms with E-state index in [1.54, 1.807) is 32.0 Å². The summed E-state index contributed by atoms with van der Waals surface area (Å²) in [6, 6.07) is 6.27. The van der Waals surface area contributed by atoms with Crippen LogP contribution in [0.15, 0.2) is 24.3 Å². The highest BCUT2D eigenvalue weighted by Gasteiger charge is 2.41. The highest BCUT2D eigenvalue weighted by atomic mass is 19.1. The fraction of sp³-hybridized carbons (Fsp3) is 0.562. The van der Waals surface area contributed by atoms with Gasteiger partial charge in [-0.3, -0.25) is 4.79 Å². The van der Waals surface area contributed by atoms with Crippen LogP contribution in [0.2, 0.25) is 0 Å². The molecule has 1 aromatic carbocycles. The Labute approximate surface area is 119 Å². The molecular formula is C16H23FO3. The summed E-state index contributed by atoms with van der Waals surface area (Å²) in [4.78, 5) is 12.0. The summed E-state index contributed by atoms with van der Waals surface area (Å²) in [6.07, 6.45) is 0.0708. The number of benzene rings is 1. The maximum absolute atomic E-state index is 13.7. The number of ether oxygens (including phenoxy) is 1.